The smallest absolute Gasteiger partial charge is 0.261 e. The van der Waals surface area contributed by atoms with E-state index in [1.54, 1.807) is 36.4 Å². The standard InChI is InChI=1S/C23H30N2O4S/c1-29-21-12-14-22(15-13-21)30(27,28)25-20-10-8-19(9-11-20)23(26)24-17-16-18-6-4-2-3-5-7-18/h8-15,18,25H,2-7,16-17H2,1H3,(H,24,26). The maximum absolute atomic E-state index is 12.5. The molecule has 1 amide bonds. The third-order valence-corrected chi connectivity index (χ3v) is 6.98. The number of rotatable bonds is 8. The monoisotopic (exact) mass is 430 g/mol. The molecule has 0 heterocycles. The number of anilines is 1. The van der Waals surface area contributed by atoms with Gasteiger partial charge in [-0.3, -0.25) is 9.52 Å². The molecular weight excluding hydrogens is 400 g/mol. The summed E-state index contributed by atoms with van der Waals surface area (Å²) < 4.78 is 32.6. The molecule has 3 rings (SSSR count). The van der Waals surface area contributed by atoms with Crippen molar-refractivity contribution >= 4 is 21.6 Å². The van der Waals surface area contributed by atoms with E-state index in [0.29, 0.717) is 29.5 Å². The van der Waals surface area contributed by atoms with Crippen molar-refractivity contribution in [2.75, 3.05) is 18.4 Å². The van der Waals surface area contributed by atoms with Crippen molar-refractivity contribution < 1.29 is 17.9 Å². The van der Waals surface area contributed by atoms with Crippen molar-refractivity contribution in [3.8, 4) is 5.75 Å². The largest absolute Gasteiger partial charge is 0.497 e. The fraction of sp³-hybridized carbons (Fsp3) is 0.435. The predicted molar refractivity (Wildman–Crippen MR) is 118 cm³/mol. The highest BCUT2D eigenvalue weighted by Gasteiger charge is 2.15. The third kappa shape index (κ3) is 6.23. The molecule has 2 N–H and O–H groups in total. The van der Waals surface area contributed by atoms with E-state index in [1.807, 2.05) is 0 Å². The van der Waals surface area contributed by atoms with E-state index in [1.165, 1.54) is 57.8 Å². The molecule has 162 valence electrons. The number of amides is 1. The van der Waals surface area contributed by atoms with Crippen molar-refractivity contribution in [1.29, 1.82) is 0 Å². The molecule has 1 saturated carbocycles. The molecule has 2 aromatic rings. The molecule has 0 radical (unpaired) electrons. The highest BCUT2D eigenvalue weighted by atomic mass is 32.2. The Morgan fingerprint density at radius 3 is 2.20 bits per heavy atom. The van der Waals surface area contributed by atoms with Crippen LogP contribution < -0.4 is 14.8 Å². The Bertz CT molecular complexity index is 917. The van der Waals surface area contributed by atoms with E-state index in [-0.39, 0.29) is 10.8 Å². The first kappa shape index (κ1) is 22.2. The number of carbonyl (C=O) groups excluding carboxylic acids is 1. The van der Waals surface area contributed by atoms with Crippen LogP contribution in [0.5, 0.6) is 5.75 Å². The van der Waals surface area contributed by atoms with Crippen LogP contribution in [0.4, 0.5) is 5.69 Å². The summed E-state index contributed by atoms with van der Waals surface area (Å²) in [6.07, 6.45) is 8.80. The summed E-state index contributed by atoms with van der Waals surface area (Å²) in [5.41, 5.74) is 0.920. The van der Waals surface area contributed by atoms with Crippen LogP contribution in [0.15, 0.2) is 53.4 Å². The molecule has 2 aromatic carbocycles. The summed E-state index contributed by atoms with van der Waals surface area (Å²) in [5.74, 6) is 1.17. The van der Waals surface area contributed by atoms with Crippen molar-refractivity contribution in [3.63, 3.8) is 0 Å². The SMILES string of the molecule is COc1ccc(S(=O)(=O)Nc2ccc(C(=O)NCCC3CCCCCC3)cc2)cc1. The molecule has 0 aliphatic heterocycles. The maximum Gasteiger partial charge on any atom is 0.261 e. The zero-order valence-corrected chi connectivity index (χ0v) is 18.2. The Hall–Kier alpha value is -2.54. The van der Waals surface area contributed by atoms with E-state index in [0.717, 1.165) is 6.42 Å². The van der Waals surface area contributed by atoms with Crippen molar-refractivity contribution in [1.82, 2.24) is 5.32 Å². The fourth-order valence-electron chi connectivity index (χ4n) is 3.80. The lowest BCUT2D eigenvalue weighted by Crippen LogP contribution is -2.26. The number of sulfonamides is 1. The zero-order chi connectivity index (χ0) is 21.4. The minimum Gasteiger partial charge on any atom is -0.497 e. The number of hydrogen-bond donors (Lipinski definition) is 2. The first-order valence-electron chi connectivity index (χ1n) is 10.5. The van der Waals surface area contributed by atoms with Crippen LogP contribution in [-0.2, 0) is 10.0 Å². The van der Waals surface area contributed by atoms with Gasteiger partial charge < -0.3 is 10.1 Å². The van der Waals surface area contributed by atoms with Crippen LogP contribution in [0.25, 0.3) is 0 Å². The first-order valence-corrected chi connectivity index (χ1v) is 12.0. The van der Waals surface area contributed by atoms with Gasteiger partial charge in [0.1, 0.15) is 5.75 Å². The Morgan fingerprint density at radius 2 is 1.60 bits per heavy atom. The molecule has 6 nitrogen and oxygen atoms in total. The van der Waals surface area contributed by atoms with Gasteiger partial charge in [-0.05, 0) is 60.9 Å². The second-order valence-corrected chi connectivity index (χ2v) is 9.44. The lowest BCUT2D eigenvalue weighted by atomic mass is 9.97. The number of benzene rings is 2. The predicted octanol–water partition coefficient (Wildman–Crippen LogP) is 4.59. The van der Waals surface area contributed by atoms with Crippen LogP contribution in [0.3, 0.4) is 0 Å². The van der Waals surface area contributed by atoms with Gasteiger partial charge in [0, 0.05) is 17.8 Å². The second kappa shape index (κ2) is 10.5. The highest BCUT2D eigenvalue weighted by Crippen LogP contribution is 2.25. The summed E-state index contributed by atoms with van der Waals surface area (Å²) in [7, 11) is -2.18. The molecule has 0 spiro atoms. The van der Waals surface area contributed by atoms with Crippen molar-refractivity contribution in [2.24, 2.45) is 5.92 Å². The molecule has 0 aromatic heterocycles. The number of nitrogens with one attached hydrogen (secondary N) is 2. The van der Waals surface area contributed by atoms with Crippen LogP contribution in [0.2, 0.25) is 0 Å². The number of hydrogen-bond acceptors (Lipinski definition) is 4. The lowest BCUT2D eigenvalue weighted by Gasteiger charge is -2.14. The first-order chi connectivity index (χ1) is 14.5. The molecule has 1 aliphatic rings. The van der Waals surface area contributed by atoms with E-state index in [2.05, 4.69) is 10.0 Å². The Morgan fingerprint density at radius 1 is 0.967 bits per heavy atom. The summed E-state index contributed by atoms with van der Waals surface area (Å²) in [4.78, 5) is 12.5. The van der Waals surface area contributed by atoms with Gasteiger partial charge in [-0.1, -0.05) is 38.5 Å². The van der Waals surface area contributed by atoms with Gasteiger partial charge in [-0.15, -0.1) is 0 Å². The van der Waals surface area contributed by atoms with E-state index >= 15 is 0 Å². The van der Waals surface area contributed by atoms with Gasteiger partial charge in [-0.25, -0.2) is 8.42 Å². The molecule has 0 bridgehead atoms. The highest BCUT2D eigenvalue weighted by molar-refractivity contribution is 7.92. The summed E-state index contributed by atoms with van der Waals surface area (Å²) in [6.45, 7) is 0.676. The molecule has 0 atom stereocenters. The average Bonchev–Trinajstić information content (AvgIpc) is 3.03. The molecule has 1 aliphatic carbocycles. The Labute approximate surface area is 179 Å². The lowest BCUT2D eigenvalue weighted by molar-refractivity contribution is 0.0951. The quantitative estimate of drug-likeness (QED) is 0.600. The molecular formula is C23H30N2O4S. The van der Waals surface area contributed by atoms with Crippen LogP contribution in [0.1, 0.15) is 55.3 Å². The molecule has 1 fully saturated rings. The van der Waals surface area contributed by atoms with Gasteiger partial charge >= 0.3 is 0 Å². The fourth-order valence-corrected chi connectivity index (χ4v) is 4.86. The molecule has 7 heteroatoms. The minimum atomic E-state index is -3.71. The van der Waals surface area contributed by atoms with E-state index in [4.69, 9.17) is 4.74 Å². The summed E-state index contributed by atoms with van der Waals surface area (Å²) in [5, 5.41) is 2.98. The van der Waals surface area contributed by atoms with Gasteiger partial charge in [-0.2, -0.15) is 0 Å². The number of carbonyl (C=O) groups is 1. The Balaban J connectivity index is 1.52. The van der Waals surface area contributed by atoms with Gasteiger partial charge in [0.15, 0.2) is 0 Å². The van der Waals surface area contributed by atoms with Crippen molar-refractivity contribution in [3.05, 3.63) is 54.1 Å². The summed E-state index contributed by atoms with van der Waals surface area (Å²) >= 11 is 0. The Kier molecular flexibility index (Phi) is 7.74. The second-order valence-electron chi connectivity index (χ2n) is 7.76. The molecule has 30 heavy (non-hydrogen) atoms. The van der Waals surface area contributed by atoms with Gasteiger partial charge in [0.25, 0.3) is 15.9 Å². The summed E-state index contributed by atoms with van der Waals surface area (Å²) in [6, 6.07) is 12.6. The zero-order valence-electron chi connectivity index (χ0n) is 17.4. The van der Waals surface area contributed by atoms with Crippen LogP contribution in [-0.4, -0.2) is 28.0 Å². The average molecular weight is 431 g/mol. The molecule has 0 unspecified atom stereocenters. The number of ether oxygens (including phenoxy) is 1. The van der Waals surface area contributed by atoms with E-state index < -0.39 is 10.0 Å². The third-order valence-electron chi connectivity index (χ3n) is 5.58. The normalized spacial score (nSPS) is 15.2. The topological polar surface area (TPSA) is 84.5 Å². The van der Waals surface area contributed by atoms with Crippen LogP contribution in [0, 0.1) is 5.92 Å². The minimum absolute atomic E-state index is 0.131. The number of methoxy groups -OCH3 is 1. The van der Waals surface area contributed by atoms with E-state index in [9.17, 15) is 13.2 Å². The van der Waals surface area contributed by atoms with Crippen molar-refractivity contribution in [2.45, 2.75) is 49.8 Å². The van der Waals surface area contributed by atoms with Gasteiger partial charge in [0.2, 0.25) is 0 Å². The van der Waals surface area contributed by atoms with Crippen LogP contribution >= 0.6 is 0 Å². The maximum atomic E-state index is 12.5. The van der Waals surface area contributed by atoms with Gasteiger partial charge in [0.05, 0.1) is 12.0 Å². The molecule has 0 saturated heterocycles.